The van der Waals surface area contributed by atoms with Crippen LogP contribution in [0.4, 0.5) is 0 Å². The van der Waals surface area contributed by atoms with Crippen molar-refractivity contribution in [3.05, 3.63) is 53.1 Å². The number of rotatable bonds is 7. The number of carbonyl (C=O) groups excluding carboxylic acids is 1. The van der Waals surface area contributed by atoms with Gasteiger partial charge in [0.15, 0.2) is 6.10 Å². The number of fused-ring (bicyclic) bond motifs is 1. The van der Waals surface area contributed by atoms with Crippen molar-refractivity contribution in [3.63, 3.8) is 0 Å². The Morgan fingerprint density at radius 1 is 1.00 bits per heavy atom. The lowest BCUT2D eigenvalue weighted by Crippen LogP contribution is -2.38. The number of hydrogen-bond donors (Lipinski definition) is 1. The van der Waals surface area contributed by atoms with E-state index in [2.05, 4.69) is 11.4 Å². The summed E-state index contributed by atoms with van der Waals surface area (Å²) in [6.07, 6.45) is 3.89. The maximum Gasteiger partial charge on any atom is 0.261 e. The molecule has 0 saturated heterocycles. The Hall–Kier alpha value is -2.69. The van der Waals surface area contributed by atoms with E-state index in [0.717, 1.165) is 29.9 Å². The van der Waals surface area contributed by atoms with Crippen LogP contribution >= 0.6 is 0 Å². The molecule has 0 aromatic heterocycles. The average molecular weight is 383 g/mol. The Morgan fingerprint density at radius 3 is 2.54 bits per heavy atom. The molecule has 0 unspecified atom stereocenters. The first kappa shape index (κ1) is 20.1. The lowest BCUT2D eigenvalue weighted by Gasteiger charge is -2.23. The fourth-order valence-electron chi connectivity index (χ4n) is 3.69. The first-order chi connectivity index (χ1) is 13.5. The van der Waals surface area contributed by atoms with Crippen molar-refractivity contribution >= 4 is 5.91 Å². The van der Waals surface area contributed by atoms with Gasteiger partial charge in [-0.2, -0.15) is 0 Å². The van der Waals surface area contributed by atoms with Crippen molar-refractivity contribution in [1.29, 1.82) is 0 Å². The molecule has 28 heavy (non-hydrogen) atoms. The second-order valence-electron chi connectivity index (χ2n) is 7.20. The van der Waals surface area contributed by atoms with Crippen LogP contribution < -0.4 is 19.5 Å². The van der Waals surface area contributed by atoms with E-state index in [1.54, 1.807) is 21.1 Å². The van der Waals surface area contributed by atoms with Crippen molar-refractivity contribution in [2.45, 2.75) is 51.7 Å². The molecule has 2 aromatic carbocycles. The summed E-state index contributed by atoms with van der Waals surface area (Å²) < 4.78 is 16.8. The number of methoxy groups -OCH3 is 2. The Balaban J connectivity index is 1.69. The van der Waals surface area contributed by atoms with Crippen LogP contribution in [-0.4, -0.2) is 26.2 Å². The van der Waals surface area contributed by atoms with Crippen molar-refractivity contribution in [2.24, 2.45) is 0 Å². The zero-order valence-corrected chi connectivity index (χ0v) is 17.1. The Morgan fingerprint density at radius 2 is 1.79 bits per heavy atom. The molecule has 1 amide bonds. The molecule has 1 aliphatic carbocycles. The molecular weight excluding hydrogens is 354 g/mol. The fraction of sp³-hybridized carbons (Fsp3) is 0.435. The van der Waals surface area contributed by atoms with Crippen molar-refractivity contribution in [2.75, 3.05) is 14.2 Å². The third-order valence-electron chi connectivity index (χ3n) is 5.29. The molecule has 2 aromatic rings. The summed E-state index contributed by atoms with van der Waals surface area (Å²) in [6, 6.07) is 11.4. The maximum absolute atomic E-state index is 12.7. The summed E-state index contributed by atoms with van der Waals surface area (Å²) in [4.78, 5) is 12.7. The molecule has 3 rings (SSSR count). The zero-order chi connectivity index (χ0) is 20.1. The van der Waals surface area contributed by atoms with Crippen LogP contribution in [0.1, 0.15) is 49.4 Å². The molecule has 5 heteroatoms. The standard InChI is InChI=1S/C23H29NO4/c1-15(20-14-18(26-3)12-13-21(20)27-4)24-23(25)16(2)28-22-11-7-9-17-8-5-6-10-19(17)22/h7,9,11-16H,5-6,8,10H2,1-4H3,(H,24,25)/t15-,16-/m0/s1. The second-order valence-corrected chi connectivity index (χ2v) is 7.20. The highest BCUT2D eigenvalue weighted by molar-refractivity contribution is 5.81. The molecular formula is C23H29NO4. The third-order valence-corrected chi connectivity index (χ3v) is 5.29. The lowest BCUT2D eigenvalue weighted by atomic mass is 9.91. The molecule has 0 bridgehead atoms. The number of nitrogens with one attached hydrogen (secondary N) is 1. The Labute approximate surface area is 167 Å². The van der Waals surface area contributed by atoms with Crippen molar-refractivity contribution < 1.29 is 19.0 Å². The van der Waals surface area contributed by atoms with Gasteiger partial charge >= 0.3 is 0 Å². The minimum atomic E-state index is -0.590. The SMILES string of the molecule is COc1ccc(OC)c([C@H](C)NC(=O)[C@H](C)Oc2cccc3c2CCCC3)c1. The van der Waals surface area contributed by atoms with E-state index in [1.807, 2.05) is 37.3 Å². The molecule has 1 N–H and O–H groups in total. The predicted octanol–water partition coefficient (Wildman–Crippen LogP) is 4.23. The van der Waals surface area contributed by atoms with Crippen LogP contribution in [0.2, 0.25) is 0 Å². The predicted molar refractivity (Wildman–Crippen MR) is 109 cm³/mol. The van der Waals surface area contributed by atoms with Gasteiger partial charge in [0, 0.05) is 5.56 Å². The number of carbonyl (C=O) groups is 1. The van der Waals surface area contributed by atoms with E-state index >= 15 is 0 Å². The molecule has 5 nitrogen and oxygen atoms in total. The normalized spacial score (nSPS) is 15.1. The summed E-state index contributed by atoms with van der Waals surface area (Å²) in [5.74, 6) is 2.09. The average Bonchev–Trinajstić information content (AvgIpc) is 2.73. The van der Waals surface area contributed by atoms with Crippen LogP contribution in [0, 0.1) is 0 Å². The van der Waals surface area contributed by atoms with Crippen molar-refractivity contribution in [3.8, 4) is 17.2 Å². The largest absolute Gasteiger partial charge is 0.497 e. The topological polar surface area (TPSA) is 56.8 Å². The molecule has 150 valence electrons. The molecule has 0 fully saturated rings. The summed E-state index contributed by atoms with van der Waals surface area (Å²) in [5.41, 5.74) is 3.45. The van der Waals surface area contributed by atoms with Gasteiger partial charge in [0.2, 0.25) is 0 Å². The van der Waals surface area contributed by atoms with Crippen LogP contribution in [0.25, 0.3) is 0 Å². The minimum absolute atomic E-state index is 0.161. The van der Waals surface area contributed by atoms with Crippen molar-refractivity contribution in [1.82, 2.24) is 5.32 Å². The van der Waals surface area contributed by atoms with Crippen LogP contribution in [-0.2, 0) is 17.6 Å². The molecule has 0 heterocycles. The first-order valence-electron chi connectivity index (χ1n) is 9.83. The van der Waals surface area contributed by atoms with Gasteiger partial charge in [0.25, 0.3) is 5.91 Å². The second kappa shape index (κ2) is 9.00. The van der Waals surface area contributed by atoms with Gasteiger partial charge in [-0.3, -0.25) is 4.79 Å². The highest BCUT2D eigenvalue weighted by Crippen LogP contribution is 2.31. The number of hydrogen-bond acceptors (Lipinski definition) is 4. The maximum atomic E-state index is 12.7. The van der Waals surface area contributed by atoms with Crippen LogP contribution in [0.15, 0.2) is 36.4 Å². The summed E-state index contributed by atoms with van der Waals surface area (Å²) in [7, 11) is 3.23. The highest BCUT2D eigenvalue weighted by atomic mass is 16.5. The molecule has 0 aliphatic heterocycles. The van der Waals surface area contributed by atoms with Crippen LogP contribution in [0.3, 0.4) is 0 Å². The van der Waals surface area contributed by atoms with E-state index in [1.165, 1.54) is 24.0 Å². The zero-order valence-electron chi connectivity index (χ0n) is 17.1. The minimum Gasteiger partial charge on any atom is -0.497 e. The summed E-state index contributed by atoms with van der Waals surface area (Å²) in [5, 5.41) is 3.02. The van der Waals surface area contributed by atoms with E-state index in [-0.39, 0.29) is 11.9 Å². The highest BCUT2D eigenvalue weighted by Gasteiger charge is 2.22. The number of amides is 1. The smallest absolute Gasteiger partial charge is 0.261 e. The van der Waals surface area contributed by atoms with Gasteiger partial charge in [0.05, 0.1) is 20.3 Å². The number of ether oxygens (including phenoxy) is 3. The quantitative estimate of drug-likeness (QED) is 0.777. The summed E-state index contributed by atoms with van der Waals surface area (Å²) >= 11 is 0. The Bertz CT molecular complexity index is 833. The molecule has 2 atom stereocenters. The number of aryl methyl sites for hydroxylation is 1. The fourth-order valence-corrected chi connectivity index (χ4v) is 3.69. The van der Waals surface area contributed by atoms with Crippen LogP contribution in [0.5, 0.6) is 17.2 Å². The van der Waals surface area contributed by atoms with E-state index < -0.39 is 6.10 Å². The van der Waals surface area contributed by atoms with Gasteiger partial charge in [-0.1, -0.05) is 12.1 Å². The Kier molecular flexibility index (Phi) is 6.45. The third kappa shape index (κ3) is 4.41. The van der Waals surface area contributed by atoms with Gasteiger partial charge in [0.1, 0.15) is 17.2 Å². The number of benzene rings is 2. The molecule has 0 radical (unpaired) electrons. The molecule has 0 saturated carbocycles. The van der Waals surface area contributed by atoms with E-state index in [0.29, 0.717) is 5.75 Å². The molecule has 1 aliphatic rings. The van der Waals surface area contributed by atoms with Gasteiger partial charge in [-0.25, -0.2) is 0 Å². The van der Waals surface area contributed by atoms with Gasteiger partial charge < -0.3 is 19.5 Å². The van der Waals surface area contributed by atoms with Gasteiger partial charge in [-0.05, 0) is 74.9 Å². The molecule has 0 spiro atoms. The van der Waals surface area contributed by atoms with Gasteiger partial charge in [-0.15, -0.1) is 0 Å². The summed E-state index contributed by atoms with van der Waals surface area (Å²) in [6.45, 7) is 3.71. The monoisotopic (exact) mass is 383 g/mol. The lowest BCUT2D eigenvalue weighted by molar-refractivity contribution is -0.127. The first-order valence-corrected chi connectivity index (χ1v) is 9.83. The van der Waals surface area contributed by atoms with E-state index in [4.69, 9.17) is 14.2 Å². The van der Waals surface area contributed by atoms with E-state index in [9.17, 15) is 4.79 Å².